The second-order valence-corrected chi connectivity index (χ2v) is 9.94. The van der Waals surface area contributed by atoms with Crippen LogP contribution in [0.5, 0.6) is 0 Å². The zero-order chi connectivity index (χ0) is 26.1. The number of anilines is 1. The number of hydrogen-bond donors (Lipinski definition) is 1. The van der Waals surface area contributed by atoms with Crippen molar-refractivity contribution in [3.05, 3.63) is 154 Å². The summed E-state index contributed by atoms with van der Waals surface area (Å²) in [5.74, 6) is 0.784. The summed E-state index contributed by atoms with van der Waals surface area (Å²) < 4.78 is 2.15. The Labute approximate surface area is 232 Å². The predicted molar refractivity (Wildman–Crippen MR) is 159 cm³/mol. The first-order chi connectivity index (χ1) is 18.6. The monoisotopic (exact) mass is 533 g/mol. The molecule has 0 unspecified atom stereocenters. The van der Waals surface area contributed by atoms with Gasteiger partial charge in [0.2, 0.25) is 0 Å². The fourth-order valence-electron chi connectivity index (χ4n) is 5.36. The molecule has 0 aliphatic rings. The normalized spacial score (nSPS) is 11.6. The molecule has 0 amide bonds. The summed E-state index contributed by atoms with van der Waals surface area (Å²) in [6.07, 6.45) is 0. The standard InChI is InChI=1S/C33H25Cl2N3/c1-36-32-28-22-23(27-18-11-19-29(34)31(27)35)20-21-30(28)38(37-32)33(24-12-5-2-6-13-24,25-14-7-3-8-15-25)26-16-9-4-10-17-26/h2-22H,1H3,(H,36,37). The molecule has 0 aliphatic carbocycles. The molecule has 3 nitrogen and oxygen atoms in total. The molecule has 0 atom stereocenters. The highest BCUT2D eigenvalue weighted by atomic mass is 35.5. The maximum atomic E-state index is 6.60. The lowest BCUT2D eigenvalue weighted by Gasteiger charge is -2.37. The van der Waals surface area contributed by atoms with Crippen LogP contribution in [0, 0.1) is 0 Å². The van der Waals surface area contributed by atoms with Crippen molar-refractivity contribution in [1.82, 2.24) is 9.78 Å². The molecule has 0 fully saturated rings. The largest absolute Gasteiger partial charge is 0.371 e. The molecule has 38 heavy (non-hydrogen) atoms. The molecule has 5 aromatic carbocycles. The second-order valence-electron chi connectivity index (χ2n) is 9.15. The minimum Gasteiger partial charge on any atom is -0.371 e. The first-order valence-electron chi connectivity index (χ1n) is 12.5. The quantitative estimate of drug-likeness (QED) is 0.216. The Morgan fingerprint density at radius 3 is 1.74 bits per heavy atom. The van der Waals surface area contributed by atoms with Gasteiger partial charge in [-0.05, 0) is 40.5 Å². The number of benzene rings is 5. The van der Waals surface area contributed by atoms with E-state index in [0.29, 0.717) is 10.0 Å². The minimum atomic E-state index is -0.716. The molecule has 1 aromatic heterocycles. The topological polar surface area (TPSA) is 29.9 Å². The Bertz CT molecular complexity index is 1620. The summed E-state index contributed by atoms with van der Waals surface area (Å²) in [5.41, 5.74) is 5.49. The van der Waals surface area contributed by atoms with E-state index in [0.717, 1.165) is 44.5 Å². The average molecular weight is 534 g/mol. The molecule has 5 heteroatoms. The van der Waals surface area contributed by atoms with Gasteiger partial charge in [0.25, 0.3) is 0 Å². The third-order valence-corrected chi connectivity index (χ3v) is 7.89. The summed E-state index contributed by atoms with van der Waals surface area (Å²) in [4.78, 5) is 0. The first-order valence-corrected chi connectivity index (χ1v) is 13.2. The number of fused-ring (bicyclic) bond motifs is 1. The van der Waals surface area contributed by atoms with E-state index in [2.05, 4.69) is 101 Å². The van der Waals surface area contributed by atoms with Crippen molar-refractivity contribution in [2.24, 2.45) is 0 Å². The van der Waals surface area contributed by atoms with Crippen LogP contribution in [0.15, 0.2) is 127 Å². The third kappa shape index (κ3) is 3.87. The molecular weight excluding hydrogens is 509 g/mol. The molecule has 6 aromatic rings. The first kappa shape index (κ1) is 24.3. The highest BCUT2D eigenvalue weighted by Crippen LogP contribution is 2.44. The Morgan fingerprint density at radius 1 is 0.658 bits per heavy atom. The van der Waals surface area contributed by atoms with Crippen LogP contribution < -0.4 is 5.32 Å². The maximum Gasteiger partial charge on any atom is 0.155 e. The van der Waals surface area contributed by atoms with Crippen LogP contribution in [-0.4, -0.2) is 16.8 Å². The minimum absolute atomic E-state index is 0.532. The fourth-order valence-corrected chi connectivity index (χ4v) is 5.77. The molecule has 0 saturated heterocycles. The molecule has 186 valence electrons. The molecule has 0 saturated carbocycles. The lowest BCUT2D eigenvalue weighted by atomic mass is 9.77. The zero-order valence-corrected chi connectivity index (χ0v) is 22.3. The van der Waals surface area contributed by atoms with Crippen LogP contribution in [0.4, 0.5) is 5.82 Å². The van der Waals surface area contributed by atoms with Crippen molar-refractivity contribution in [3.8, 4) is 11.1 Å². The zero-order valence-electron chi connectivity index (χ0n) is 20.8. The molecule has 1 N–H and O–H groups in total. The summed E-state index contributed by atoms with van der Waals surface area (Å²) in [6, 6.07) is 43.7. The van der Waals surface area contributed by atoms with Gasteiger partial charge in [0.1, 0.15) is 5.54 Å². The van der Waals surface area contributed by atoms with Gasteiger partial charge >= 0.3 is 0 Å². The van der Waals surface area contributed by atoms with E-state index < -0.39 is 5.54 Å². The van der Waals surface area contributed by atoms with E-state index in [1.54, 1.807) is 6.07 Å². The van der Waals surface area contributed by atoms with Crippen molar-refractivity contribution < 1.29 is 0 Å². The number of aromatic nitrogens is 2. The Balaban J connectivity index is 1.71. The van der Waals surface area contributed by atoms with Gasteiger partial charge in [0, 0.05) is 18.0 Å². The molecule has 6 rings (SSSR count). The maximum absolute atomic E-state index is 6.60. The summed E-state index contributed by atoms with van der Waals surface area (Å²) >= 11 is 12.9. The van der Waals surface area contributed by atoms with Crippen LogP contribution in [0.3, 0.4) is 0 Å². The van der Waals surface area contributed by atoms with E-state index in [-0.39, 0.29) is 0 Å². The highest BCUT2D eigenvalue weighted by molar-refractivity contribution is 6.43. The third-order valence-electron chi connectivity index (χ3n) is 7.07. The van der Waals surface area contributed by atoms with Gasteiger partial charge in [-0.25, -0.2) is 4.68 Å². The van der Waals surface area contributed by atoms with E-state index in [1.807, 2.05) is 37.4 Å². The van der Waals surface area contributed by atoms with Gasteiger partial charge < -0.3 is 5.32 Å². The van der Waals surface area contributed by atoms with Gasteiger partial charge in [-0.1, -0.05) is 132 Å². The van der Waals surface area contributed by atoms with Crippen molar-refractivity contribution in [3.63, 3.8) is 0 Å². The molecule has 0 spiro atoms. The van der Waals surface area contributed by atoms with Crippen molar-refractivity contribution in [1.29, 1.82) is 0 Å². The van der Waals surface area contributed by atoms with E-state index in [4.69, 9.17) is 28.3 Å². The number of nitrogens with one attached hydrogen (secondary N) is 1. The SMILES string of the molecule is CNc1nn(C(c2ccccc2)(c2ccccc2)c2ccccc2)c2ccc(-c3cccc(Cl)c3Cl)cc12. The van der Waals surface area contributed by atoms with Gasteiger partial charge in [-0.2, -0.15) is 5.10 Å². The summed E-state index contributed by atoms with van der Waals surface area (Å²) in [7, 11) is 1.90. The Hall–Kier alpha value is -4.05. The van der Waals surface area contributed by atoms with Gasteiger partial charge in [-0.15, -0.1) is 0 Å². The van der Waals surface area contributed by atoms with Gasteiger partial charge in [-0.3, -0.25) is 0 Å². The molecule has 0 radical (unpaired) electrons. The summed E-state index contributed by atoms with van der Waals surface area (Å²) in [6.45, 7) is 0. The number of rotatable bonds is 6. The Morgan fingerprint density at radius 2 is 1.21 bits per heavy atom. The van der Waals surface area contributed by atoms with E-state index in [9.17, 15) is 0 Å². The van der Waals surface area contributed by atoms with Crippen LogP contribution in [-0.2, 0) is 5.54 Å². The van der Waals surface area contributed by atoms with Gasteiger partial charge in [0.05, 0.1) is 15.6 Å². The van der Waals surface area contributed by atoms with Crippen LogP contribution in [0.2, 0.25) is 10.0 Å². The average Bonchev–Trinajstić information content (AvgIpc) is 3.35. The highest BCUT2D eigenvalue weighted by Gasteiger charge is 2.40. The van der Waals surface area contributed by atoms with Crippen molar-refractivity contribution in [2.45, 2.75) is 5.54 Å². The number of nitrogens with zero attached hydrogens (tertiary/aromatic N) is 2. The van der Waals surface area contributed by atoms with Crippen molar-refractivity contribution >= 4 is 39.9 Å². The van der Waals surface area contributed by atoms with E-state index in [1.165, 1.54) is 0 Å². The van der Waals surface area contributed by atoms with Crippen molar-refractivity contribution in [2.75, 3.05) is 12.4 Å². The van der Waals surface area contributed by atoms with Crippen LogP contribution in [0.1, 0.15) is 16.7 Å². The number of halogens is 2. The smallest absolute Gasteiger partial charge is 0.155 e. The molecular formula is C33H25Cl2N3. The predicted octanol–water partition coefficient (Wildman–Crippen LogP) is 8.89. The van der Waals surface area contributed by atoms with E-state index >= 15 is 0 Å². The van der Waals surface area contributed by atoms with Crippen LogP contribution >= 0.6 is 23.2 Å². The molecule has 0 aliphatic heterocycles. The van der Waals surface area contributed by atoms with Crippen LogP contribution in [0.25, 0.3) is 22.0 Å². The number of hydrogen-bond acceptors (Lipinski definition) is 2. The lowest BCUT2D eigenvalue weighted by Crippen LogP contribution is -2.38. The fraction of sp³-hybridized carbons (Fsp3) is 0.0606. The lowest BCUT2D eigenvalue weighted by molar-refractivity contribution is 0.477. The summed E-state index contributed by atoms with van der Waals surface area (Å²) in [5, 5.41) is 10.6. The molecule has 1 heterocycles. The second kappa shape index (κ2) is 10.0. The Kier molecular flexibility index (Phi) is 6.40. The van der Waals surface area contributed by atoms with Gasteiger partial charge in [0.15, 0.2) is 5.82 Å². The molecule has 0 bridgehead atoms.